The van der Waals surface area contributed by atoms with Crippen LogP contribution in [-0.4, -0.2) is 77.5 Å². The summed E-state index contributed by atoms with van der Waals surface area (Å²) in [6, 6.07) is 9.59. The Kier molecular flexibility index (Phi) is 6.51. The highest BCUT2D eigenvalue weighted by atomic mass is 32.2. The molecule has 15 heteroatoms. The van der Waals surface area contributed by atoms with E-state index < -0.39 is 53.2 Å². The number of fused-ring (bicyclic) bond motifs is 1. The van der Waals surface area contributed by atoms with Crippen LogP contribution in [0.4, 0.5) is 5.82 Å². The van der Waals surface area contributed by atoms with Gasteiger partial charge in [-0.3, -0.25) is 9.13 Å². The molecule has 4 rings (SSSR count). The van der Waals surface area contributed by atoms with Crippen molar-refractivity contribution >= 4 is 34.4 Å². The van der Waals surface area contributed by atoms with Gasteiger partial charge in [-0.25, -0.2) is 23.4 Å². The smallest absolute Gasteiger partial charge is 0.340 e. The molecule has 0 bridgehead atoms. The quantitative estimate of drug-likeness (QED) is 0.252. The molecular weight excluding hydrogens is 477 g/mol. The van der Waals surface area contributed by atoms with Crippen LogP contribution >= 0.6 is 7.60 Å². The van der Waals surface area contributed by atoms with Crippen molar-refractivity contribution in [2.24, 2.45) is 0 Å². The summed E-state index contributed by atoms with van der Waals surface area (Å²) in [5, 5.41) is 23.9. The number of sulfone groups is 1. The van der Waals surface area contributed by atoms with E-state index in [9.17, 15) is 23.2 Å². The summed E-state index contributed by atoms with van der Waals surface area (Å²) < 4.78 is 42.1. The second-order valence-electron chi connectivity index (χ2n) is 7.64. The van der Waals surface area contributed by atoms with Gasteiger partial charge in [0.15, 0.2) is 38.5 Å². The first-order chi connectivity index (χ1) is 15.5. The van der Waals surface area contributed by atoms with E-state index in [1.54, 1.807) is 0 Å². The molecule has 0 aliphatic carbocycles. The summed E-state index contributed by atoms with van der Waals surface area (Å²) >= 11 is 0. The van der Waals surface area contributed by atoms with Gasteiger partial charge in [0.2, 0.25) is 0 Å². The number of nitrogens with zero attached hydrogens (tertiary/aromatic N) is 4. The third-order valence-corrected chi connectivity index (χ3v) is 8.81. The summed E-state index contributed by atoms with van der Waals surface area (Å²) in [7, 11) is -9.11. The Morgan fingerprint density at radius 2 is 1.82 bits per heavy atom. The Balaban J connectivity index is 1.54. The van der Waals surface area contributed by atoms with Crippen LogP contribution in [0, 0.1) is 0 Å². The molecule has 2 aromatic heterocycles. The van der Waals surface area contributed by atoms with E-state index in [0.29, 0.717) is 17.9 Å². The normalized spacial score (nSPS) is 23.8. The zero-order valence-corrected chi connectivity index (χ0v) is 18.7. The predicted octanol–water partition coefficient (Wildman–Crippen LogP) is -0.392. The average molecular weight is 499 g/mol. The molecule has 0 amide bonds. The van der Waals surface area contributed by atoms with Crippen molar-refractivity contribution in [2.75, 3.05) is 16.6 Å². The van der Waals surface area contributed by atoms with Gasteiger partial charge >= 0.3 is 7.60 Å². The zero-order chi connectivity index (χ0) is 23.8. The van der Waals surface area contributed by atoms with Gasteiger partial charge < -0.3 is 30.1 Å². The van der Waals surface area contributed by atoms with Crippen LogP contribution in [0.1, 0.15) is 11.8 Å². The van der Waals surface area contributed by atoms with Gasteiger partial charge in [0, 0.05) is 6.54 Å². The Morgan fingerprint density at radius 1 is 1.09 bits per heavy atom. The van der Waals surface area contributed by atoms with E-state index in [-0.39, 0.29) is 5.65 Å². The molecular formula is C18H22N5O8PS. The second-order valence-corrected chi connectivity index (χ2v) is 11.8. The van der Waals surface area contributed by atoms with E-state index in [4.69, 9.17) is 14.5 Å². The number of anilines is 1. The number of hydrogen-bond donors (Lipinski definition) is 5. The van der Waals surface area contributed by atoms with Crippen LogP contribution in [0.15, 0.2) is 43.0 Å². The highest BCUT2D eigenvalue weighted by Crippen LogP contribution is 2.38. The highest BCUT2D eigenvalue weighted by molar-refractivity contribution is 7.97. The summed E-state index contributed by atoms with van der Waals surface area (Å²) in [5.74, 6) is -0.449. The minimum atomic E-state index is -4.84. The molecule has 1 saturated heterocycles. The summed E-state index contributed by atoms with van der Waals surface area (Å²) in [6.45, 7) is 0.473. The molecule has 178 valence electrons. The van der Waals surface area contributed by atoms with Crippen LogP contribution in [0.25, 0.3) is 11.2 Å². The van der Waals surface area contributed by atoms with Crippen LogP contribution in [0.5, 0.6) is 0 Å². The fourth-order valence-electron chi connectivity index (χ4n) is 3.61. The van der Waals surface area contributed by atoms with Gasteiger partial charge in [-0.2, -0.15) is 0 Å². The Labute approximate surface area is 188 Å². The van der Waals surface area contributed by atoms with Gasteiger partial charge in [0.1, 0.15) is 24.6 Å². The van der Waals surface area contributed by atoms with Crippen molar-refractivity contribution in [2.45, 2.75) is 31.1 Å². The molecule has 3 heterocycles. The van der Waals surface area contributed by atoms with Gasteiger partial charge in [-0.1, -0.05) is 30.3 Å². The number of benzene rings is 1. The van der Waals surface area contributed by atoms with Crippen molar-refractivity contribution in [1.29, 1.82) is 0 Å². The minimum Gasteiger partial charge on any atom is -0.387 e. The molecule has 1 aliphatic rings. The van der Waals surface area contributed by atoms with Gasteiger partial charge in [0.05, 0.1) is 12.1 Å². The van der Waals surface area contributed by atoms with Crippen molar-refractivity contribution in [3.05, 3.63) is 48.5 Å². The number of hydrogen-bond acceptors (Lipinski definition) is 10. The first kappa shape index (κ1) is 23.7. The standard InChI is InChI=1S/C18H22N5O8PS/c24-14-12(7-33(29,30)10-32(26,27)28)31-18(15(14)25)23-9-22-13-16(20-8-21-17(13)23)19-6-11-4-2-1-3-5-11/h1-5,8-9,12,14-15,18,24-25H,6-7,10H2,(H,19,20,21)(H2,26,27,28)/t12-,14-,15-,18-/m1/s1. The third-order valence-electron chi connectivity index (χ3n) is 5.06. The maximum absolute atomic E-state index is 12.1. The lowest BCUT2D eigenvalue weighted by Crippen LogP contribution is -2.35. The molecule has 1 aliphatic heterocycles. The molecule has 3 aromatic rings. The lowest BCUT2D eigenvalue weighted by atomic mass is 10.1. The maximum Gasteiger partial charge on any atom is 0.340 e. The van der Waals surface area contributed by atoms with Crippen molar-refractivity contribution in [3.63, 3.8) is 0 Å². The van der Waals surface area contributed by atoms with Crippen molar-refractivity contribution < 1.29 is 37.7 Å². The molecule has 33 heavy (non-hydrogen) atoms. The SMILES string of the molecule is O=P(O)(O)CS(=O)(=O)C[C@H]1O[C@@H](n2cnc3c(NCc4ccccc4)ncnc32)[C@H](O)[C@@H]1O. The molecule has 0 saturated carbocycles. The summed E-state index contributed by atoms with van der Waals surface area (Å²) in [6.07, 6.45) is -3.17. The first-order valence-electron chi connectivity index (χ1n) is 9.76. The number of nitrogens with one attached hydrogen (secondary N) is 1. The highest BCUT2D eigenvalue weighted by Gasteiger charge is 2.46. The fourth-order valence-corrected chi connectivity index (χ4v) is 6.85. The Hall–Kier alpha value is -2.45. The largest absolute Gasteiger partial charge is 0.387 e. The number of aliphatic hydroxyl groups is 2. The number of rotatable bonds is 8. The third kappa shape index (κ3) is 5.38. The molecule has 0 spiro atoms. The zero-order valence-electron chi connectivity index (χ0n) is 17.0. The molecule has 5 N–H and O–H groups in total. The van der Waals surface area contributed by atoms with E-state index in [1.807, 2.05) is 30.3 Å². The van der Waals surface area contributed by atoms with Crippen LogP contribution in [-0.2, 0) is 25.7 Å². The number of aliphatic hydroxyl groups excluding tert-OH is 2. The van der Waals surface area contributed by atoms with Gasteiger partial charge in [-0.05, 0) is 5.56 Å². The Morgan fingerprint density at radius 3 is 2.52 bits per heavy atom. The number of aromatic nitrogens is 4. The van der Waals surface area contributed by atoms with E-state index in [1.165, 1.54) is 17.2 Å². The Bertz CT molecular complexity index is 1280. The molecule has 1 aromatic carbocycles. The summed E-state index contributed by atoms with van der Waals surface area (Å²) in [5.41, 5.74) is 0.276. The molecule has 4 atom stereocenters. The number of imidazole rings is 1. The molecule has 0 unspecified atom stereocenters. The monoisotopic (exact) mass is 499 g/mol. The topological polar surface area (TPSA) is 197 Å². The summed E-state index contributed by atoms with van der Waals surface area (Å²) in [4.78, 5) is 30.5. The molecule has 13 nitrogen and oxygen atoms in total. The predicted molar refractivity (Wildman–Crippen MR) is 116 cm³/mol. The van der Waals surface area contributed by atoms with Gasteiger partial charge in [-0.15, -0.1) is 0 Å². The first-order valence-corrected chi connectivity index (χ1v) is 13.4. The van der Waals surface area contributed by atoms with Crippen molar-refractivity contribution in [1.82, 2.24) is 19.5 Å². The average Bonchev–Trinajstić information content (AvgIpc) is 3.28. The maximum atomic E-state index is 12.1. The molecule has 1 fully saturated rings. The molecule has 0 radical (unpaired) electrons. The van der Waals surface area contributed by atoms with Crippen LogP contribution in [0.2, 0.25) is 0 Å². The van der Waals surface area contributed by atoms with Crippen molar-refractivity contribution in [3.8, 4) is 0 Å². The van der Waals surface area contributed by atoms with E-state index in [0.717, 1.165) is 5.56 Å². The lowest BCUT2D eigenvalue weighted by molar-refractivity contribution is -0.0292. The van der Waals surface area contributed by atoms with Crippen LogP contribution < -0.4 is 5.32 Å². The fraction of sp³-hybridized carbons (Fsp3) is 0.389. The van der Waals surface area contributed by atoms with Gasteiger partial charge in [0.25, 0.3) is 0 Å². The lowest BCUT2D eigenvalue weighted by Gasteiger charge is -2.16. The van der Waals surface area contributed by atoms with E-state index in [2.05, 4.69) is 20.3 Å². The van der Waals surface area contributed by atoms with Crippen LogP contribution in [0.3, 0.4) is 0 Å². The number of ether oxygens (including phenoxy) is 1. The minimum absolute atomic E-state index is 0.274. The van der Waals surface area contributed by atoms with E-state index >= 15 is 0 Å². The second kappa shape index (κ2) is 9.06.